The largest absolute Gasteiger partial charge is 0.481 e. The highest BCUT2D eigenvalue weighted by Gasteiger charge is 2.40. The minimum Gasteiger partial charge on any atom is -0.481 e. The Morgan fingerprint density at radius 2 is 2.03 bits per heavy atom. The highest BCUT2D eigenvalue weighted by molar-refractivity contribution is 7.81. The molecule has 4 rings (SSSR count). The van der Waals surface area contributed by atoms with Gasteiger partial charge in [0, 0.05) is 42.8 Å². The number of hydrogen-bond donors (Lipinski definition) is 2. The van der Waals surface area contributed by atoms with Crippen molar-refractivity contribution >= 4 is 30.5 Å². The number of carbonyl (C=O) groups is 2. The number of carboxylic acid groups (broad SMARTS) is 1. The number of aliphatic carboxylic acids is 1. The quantitative estimate of drug-likeness (QED) is 0.404. The Hall–Kier alpha value is -2.52. The van der Waals surface area contributed by atoms with Crippen LogP contribution in [0.25, 0.3) is 6.08 Å². The molecule has 1 aromatic heterocycles. The number of likely N-dealkylation sites (tertiary alicyclic amines) is 1. The first-order valence-corrected chi connectivity index (χ1v) is 12.0. The van der Waals surface area contributed by atoms with Crippen molar-refractivity contribution in [3.05, 3.63) is 53.1 Å². The maximum atomic E-state index is 14.7. The Balaban J connectivity index is 1.53. The van der Waals surface area contributed by atoms with Gasteiger partial charge >= 0.3 is 5.97 Å². The van der Waals surface area contributed by atoms with E-state index >= 15 is 0 Å². The number of Topliss-reactive ketones (excluding diaryl/α,β-unsaturated/α-hetero) is 1. The maximum absolute atomic E-state index is 14.7. The molecule has 1 aromatic carbocycles. The Morgan fingerprint density at radius 1 is 1.24 bits per heavy atom. The summed E-state index contributed by atoms with van der Waals surface area (Å²) in [7, 11) is 0. The summed E-state index contributed by atoms with van der Waals surface area (Å²) in [6.45, 7) is 1.75. The number of aromatic nitrogens is 3. The summed E-state index contributed by atoms with van der Waals surface area (Å²) in [4.78, 5) is 26.0. The lowest BCUT2D eigenvalue weighted by atomic mass is 9.93. The Labute approximate surface area is 198 Å². The van der Waals surface area contributed by atoms with Gasteiger partial charge in [0.2, 0.25) is 0 Å². The van der Waals surface area contributed by atoms with E-state index in [1.807, 2.05) is 6.08 Å². The molecule has 9 heteroatoms. The molecule has 1 saturated carbocycles. The molecule has 2 aromatic rings. The van der Waals surface area contributed by atoms with Crippen LogP contribution in [0.1, 0.15) is 55.8 Å². The first kappa shape index (κ1) is 23.6. The van der Waals surface area contributed by atoms with E-state index in [1.165, 1.54) is 6.07 Å². The predicted molar refractivity (Wildman–Crippen MR) is 125 cm³/mol. The van der Waals surface area contributed by atoms with E-state index in [0.717, 1.165) is 30.5 Å². The van der Waals surface area contributed by atoms with Crippen molar-refractivity contribution in [3.8, 4) is 0 Å². The molecule has 2 unspecified atom stereocenters. The lowest BCUT2D eigenvalue weighted by Crippen LogP contribution is -2.42. The van der Waals surface area contributed by atoms with Crippen molar-refractivity contribution in [2.75, 3.05) is 13.1 Å². The minimum atomic E-state index is -0.804. The van der Waals surface area contributed by atoms with Crippen LogP contribution in [0.15, 0.2) is 36.0 Å². The molecule has 2 atom stereocenters. The molecule has 0 bridgehead atoms. The minimum absolute atomic E-state index is 0.0206. The van der Waals surface area contributed by atoms with Crippen LogP contribution in [-0.2, 0) is 16.1 Å². The first-order chi connectivity index (χ1) is 15.9. The number of ketones is 1. The summed E-state index contributed by atoms with van der Waals surface area (Å²) in [5, 5.41) is 17.0. The highest BCUT2D eigenvalue weighted by Crippen LogP contribution is 2.39. The lowest BCUT2D eigenvalue weighted by molar-refractivity contribution is -0.137. The number of rotatable bonds is 10. The Bertz CT molecular complexity index is 1040. The molecular weight excluding hydrogens is 443 g/mol. The third-order valence-corrected chi connectivity index (χ3v) is 6.90. The Morgan fingerprint density at radius 3 is 2.76 bits per heavy atom. The standard InChI is InChI=1S/C24H29FN4O3S/c25-20-6-2-1-5-19(20)23(24(32)16-8-9-16)28-12-10-21(33)17(15-28)13-18-14-26-27-29(18)11-4-3-7-22(30)31/h1-2,5-6,13-14,16,21,23,33H,3-4,7-12,15H2,(H,30,31)/b17-13+. The van der Waals surface area contributed by atoms with E-state index in [1.54, 1.807) is 29.1 Å². The van der Waals surface area contributed by atoms with E-state index in [-0.39, 0.29) is 29.2 Å². The van der Waals surface area contributed by atoms with Crippen LogP contribution in [0.2, 0.25) is 0 Å². The summed E-state index contributed by atoms with van der Waals surface area (Å²) >= 11 is 4.76. The predicted octanol–water partition coefficient (Wildman–Crippen LogP) is 3.78. The number of unbranched alkanes of at least 4 members (excludes halogenated alkanes) is 1. The lowest BCUT2D eigenvalue weighted by Gasteiger charge is -2.37. The molecule has 1 aliphatic heterocycles. The molecule has 0 radical (unpaired) electrons. The van der Waals surface area contributed by atoms with Crippen molar-refractivity contribution in [2.24, 2.45) is 5.92 Å². The second-order valence-corrected chi connectivity index (χ2v) is 9.45. The molecule has 7 nitrogen and oxygen atoms in total. The number of piperidine rings is 1. The van der Waals surface area contributed by atoms with E-state index in [4.69, 9.17) is 17.7 Å². The SMILES string of the molecule is O=C(O)CCCCn1nncc1/C=C1\CN(C(C(=O)C2CC2)c2ccccc2F)CCC1S. The topological polar surface area (TPSA) is 88.3 Å². The van der Waals surface area contributed by atoms with Crippen LogP contribution in [0.5, 0.6) is 0 Å². The van der Waals surface area contributed by atoms with Gasteiger partial charge in [-0.05, 0) is 49.8 Å². The van der Waals surface area contributed by atoms with E-state index in [9.17, 15) is 14.0 Å². The van der Waals surface area contributed by atoms with Gasteiger partial charge in [0.05, 0.1) is 17.9 Å². The molecule has 2 fully saturated rings. The van der Waals surface area contributed by atoms with Crippen molar-refractivity contribution in [1.82, 2.24) is 19.9 Å². The van der Waals surface area contributed by atoms with Crippen molar-refractivity contribution < 1.29 is 19.1 Å². The van der Waals surface area contributed by atoms with E-state index < -0.39 is 12.0 Å². The molecule has 1 saturated heterocycles. The second kappa shape index (κ2) is 10.6. The number of nitrogens with zero attached hydrogens (tertiary/aromatic N) is 4. The van der Waals surface area contributed by atoms with E-state index in [0.29, 0.717) is 38.0 Å². The fourth-order valence-electron chi connectivity index (χ4n) is 4.35. The summed E-state index contributed by atoms with van der Waals surface area (Å²) in [6, 6.07) is 5.96. The number of carboxylic acids is 1. The van der Waals surface area contributed by atoms with Gasteiger partial charge in [0.15, 0.2) is 5.78 Å². The number of carbonyl (C=O) groups excluding carboxylic acids is 1. The monoisotopic (exact) mass is 472 g/mol. The van der Waals surface area contributed by atoms with Crippen LogP contribution in [0.3, 0.4) is 0 Å². The Kier molecular flexibility index (Phi) is 7.60. The van der Waals surface area contributed by atoms with E-state index in [2.05, 4.69) is 15.2 Å². The van der Waals surface area contributed by atoms with Gasteiger partial charge in [-0.2, -0.15) is 12.6 Å². The summed E-state index contributed by atoms with van der Waals surface area (Å²) in [5.41, 5.74) is 2.29. The number of thiol groups is 1. The van der Waals surface area contributed by atoms with Crippen molar-refractivity contribution in [1.29, 1.82) is 0 Å². The third kappa shape index (κ3) is 5.89. The van der Waals surface area contributed by atoms with Crippen molar-refractivity contribution in [2.45, 2.75) is 56.4 Å². The molecule has 0 spiro atoms. The summed E-state index contributed by atoms with van der Waals surface area (Å²) in [5.74, 6) is -1.03. The number of halogens is 1. The zero-order valence-corrected chi connectivity index (χ0v) is 19.3. The van der Waals surface area contributed by atoms with Gasteiger partial charge in [-0.1, -0.05) is 23.4 Å². The molecule has 1 aliphatic carbocycles. The highest BCUT2D eigenvalue weighted by atomic mass is 32.1. The molecule has 2 heterocycles. The van der Waals surface area contributed by atoms with Crippen molar-refractivity contribution in [3.63, 3.8) is 0 Å². The van der Waals surface area contributed by atoms with Gasteiger partial charge in [-0.3, -0.25) is 14.5 Å². The maximum Gasteiger partial charge on any atom is 0.303 e. The smallest absolute Gasteiger partial charge is 0.303 e. The molecule has 0 amide bonds. The van der Waals surface area contributed by atoms with Crippen LogP contribution >= 0.6 is 12.6 Å². The van der Waals surface area contributed by atoms with Gasteiger partial charge in [-0.15, -0.1) is 5.10 Å². The summed E-state index contributed by atoms with van der Waals surface area (Å²) < 4.78 is 16.5. The fourth-order valence-corrected chi connectivity index (χ4v) is 4.62. The normalized spacial score (nSPS) is 21.3. The van der Waals surface area contributed by atoms with Crippen LogP contribution in [0.4, 0.5) is 4.39 Å². The molecule has 2 aliphatic rings. The number of aryl methyl sites for hydroxylation is 1. The van der Waals surface area contributed by atoms with Gasteiger partial charge < -0.3 is 5.11 Å². The van der Waals surface area contributed by atoms with Crippen LogP contribution in [0, 0.1) is 11.7 Å². The van der Waals surface area contributed by atoms with Gasteiger partial charge in [0.25, 0.3) is 0 Å². The summed E-state index contributed by atoms with van der Waals surface area (Å²) in [6.07, 6.45) is 7.57. The zero-order valence-electron chi connectivity index (χ0n) is 18.4. The fraction of sp³-hybridized carbons (Fsp3) is 0.500. The average Bonchev–Trinajstić information content (AvgIpc) is 3.55. The molecule has 176 valence electrons. The number of benzene rings is 1. The van der Waals surface area contributed by atoms with Gasteiger partial charge in [0.1, 0.15) is 5.82 Å². The second-order valence-electron chi connectivity index (χ2n) is 8.83. The van der Waals surface area contributed by atoms with Gasteiger partial charge in [-0.25, -0.2) is 9.07 Å². The van der Waals surface area contributed by atoms with Crippen LogP contribution < -0.4 is 0 Å². The molecule has 1 N–H and O–H groups in total. The third-order valence-electron chi connectivity index (χ3n) is 6.31. The van der Waals surface area contributed by atoms with Crippen LogP contribution in [-0.4, -0.2) is 55.1 Å². The average molecular weight is 473 g/mol. The zero-order chi connectivity index (χ0) is 23.4. The number of hydrogen-bond acceptors (Lipinski definition) is 6. The molecular formula is C24H29FN4O3S. The first-order valence-electron chi connectivity index (χ1n) is 11.4. The molecule has 33 heavy (non-hydrogen) atoms.